The summed E-state index contributed by atoms with van der Waals surface area (Å²) in [6, 6.07) is 17.7. The molecule has 0 saturated carbocycles. The normalized spacial score (nSPS) is 10.7. The van der Waals surface area contributed by atoms with Crippen molar-refractivity contribution in [2.75, 3.05) is 11.9 Å². The van der Waals surface area contributed by atoms with Crippen LogP contribution in [0.5, 0.6) is 11.5 Å². The van der Waals surface area contributed by atoms with Crippen molar-refractivity contribution < 1.29 is 9.47 Å². The van der Waals surface area contributed by atoms with Crippen LogP contribution >= 0.6 is 23.2 Å². The van der Waals surface area contributed by atoms with E-state index in [4.69, 9.17) is 32.7 Å². The van der Waals surface area contributed by atoms with Crippen molar-refractivity contribution in [3.05, 3.63) is 86.9 Å². The Morgan fingerprint density at radius 3 is 2.28 bits per heavy atom. The molecule has 0 fully saturated rings. The van der Waals surface area contributed by atoms with E-state index >= 15 is 0 Å². The minimum absolute atomic E-state index is 0.344. The molecule has 1 N–H and O–H groups in total. The second-order valence-corrected chi connectivity index (χ2v) is 7.67. The fourth-order valence-electron chi connectivity index (χ4n) is 2.91. The predicted molar refractivity (Wildman–Crippen MR) is 122 cm³/mol. The van der Waals surface area contributed by atoms with E-state index in [0.717, 1.165) is 16.8 Å². The van der Waals surface area contributed by atoms with E-state index in [9.17, 15) is 0 Å². The van der Waals surface area contributed by atoms with Crippen LogP contribution in [0, 0.1) is 13.8 Å². The van der Waals surface area contributed by atoms with E-state index in [0.29, 0.717) is 41.3 Å². The lowest BCUT2D eigenvalue weighted by Crippen LogP contribution is -2.04. The van der Waals surface area contributed by atoms with Crippen LogP contribution in [-0.4, -0.2) is 6.61 Å². The van der Waals surface area contributed by atoms with Crippen molar-refractivity contribution in [3.8, 4) is 11.5 Å². The molecule has 29 heavy (non-hydrogen) atoms. The highest BCUT2D eigenvalue weighted by atomic mass is 35.5. The second-order valence-electron chi connectivity index (χ2n) is 6.86. The summed E-state index contributed by atoms with van der Waals surface area (Å²) in [5.74, 6) is 1.27. The highest BCUT2D eigenvalue weighted by Crippen LogP contribution is 2.35. The smallest absolute Gasteiger partial charge is 0.163 e. The molecule has 5 heteroatoms. The monoisotopic (exact) mass is 429 g/mol. The Balaban J connectivity index is 1.76. The summed E-state index contributed by atoms with van der Waals surface area (Å²) in [5.41, 5.74) is 5.43. The number of hydrogen-bond donors (Lipinski definition) is 1. The van der Waals surface area contributed by atoms with Gasteiger partial charge in [0.2, 0.25) is 0 Å². The Labute approximate surface area is 182 Å². The molecule has 0 aromatic heterocycles. The third kappa shape index (κ3) is 5.59. The maximum Gasteiger partial charge on any atom is 0.163 e. The molecule has 0 bridgehead atoms. The number of rotatable bonds is 8. The van der Waals surface area contributed by atoms with E-state index in [1.165, 1.54) is 11.1 Å². The highest BCUT2D eigenvalue weighted by Gasteiger charge is 2.12. The minimum Gasteiger partial charge on any atom is -0.490 e. The average Bonchev–Trinajstić information content (AvgIpc) is 2.70. The average molecular weight is 430 g/mol. The van der Waals surface area contributed by atoms with E-state index in [1.54, 1.807) is 6.07 Å². The van der Waals surface area contributed by atoms with Gasteiger partial charge < -0.3 is 14.8 Å². The van der Waals surface area contributed by atoms with Gasteiger partial charge in [-0.15, -0.1) is 0 Å². The van der Waals surface area contributed by atoms with Crippen molar-refractivity contribution >= 4 is 28.9 Å². The molecule has 0 saturated heterocycles. The molecule has 0 aliphatic heterocycles. The summed E-state index contributed by atoms with van der Waals surface area (Å²) in [5, 5.41) is 4.72. The van der Waals surface area contributed by atoms with Crippen LogP contribution in [0.15, 0.2) is 54.6 Å². The van der Waals surface area contributed by atoms with Gasteiger partial charge in [-0.05, 0) is 61.7 Å². The van der Waals surface area contributed by atoms with Crippen LogP contribution < -0.4 is 14.8 Å². The fourth-order valence-corrected chi connectivity index (χ4v) is 3.32. The van der Waals surface area contributed by atoms with Gasteiger partial charge in [-0.2, -0.15) is 0 Å². The molecule has 0 amide bonds. The summed E-state index contributed by atoms with van der Waals surface area (Å²) in [4.78, 5) is 0. The molecule has 0 heterocycles. The predicted octanol–water partition coefficient (Wildman–Crippen LogP) is 7.20. The third-order valence-electron chi connectivity index (χ3n) is 4.74. The quantitative estimate of drug-likeness (QED) is 0.410. The number of benzene rings is 3. The lowest BCUT2D eigenvalue weighted by molar-refractivity contribution is 0.269. The zero-order valence-corrected chi connectivity index (χ0v) is 18.4. The minimum atomic E-state index is 0.344. The molecule has 0 aliphatic rings. The summed E-state index contributed by atoms with van der Waals surface area (Å²) in [6.07, 6.45) is 0. The Morgan fingerprint density at radius 2 is 1.55 bits per heavy atom. The van der Waals surface area contributed by atoms with Crippen LogP contribution in [0.2, 0.25) is 10.0 Å². The lowest BCUT2D eigenvalue weighted by Gasteiger charge is -2.16. The standard InChI is InChI=1S/C24H25Cl2NO2/c1-4-28-23-12-19(14-27-20-10-9-16(2)17(3)11-20)22(26)13-24(23)29-15-18-7-5-6-8-21(18)25/h5-13,27H,4,14-15H2,1-3H3. The Morgan fingerprint density at radius 1 is 0.793 bits per heavy atom. The zero-order valence-electron chi connectivity index (χ0n) is 16.9. The second kappa shape index (κ2) is 9.91. The Bertz CT molecular complexity index is 989. The topological polar surface area (TPSA) is 30.5 Å². The molecule has 0 unspecified atom stereocenters. The number of anilines is 1. The summed E-state index contributed by atoms with van der Waals surface area (Å²) in [6.45, 7) is 7.62. The fraction of sp³-hybridized carbons (Fsp3) is 0.250. The molecular weight excluding hydrogens is 405 g/mol. The molecule has 0 spiro atoms. The molecular formula is C24H25Cl2NO2. The maximum absolute atomic E-state index is 6.54. The van der Waals surface area contributed by atoms with Crippen molar-refractivity contribution in [2.45, 2.75) is 33.9 Å². The van der Waals surface area contributed by atoms with Gasteiger partial charge in [0, 0.05) is 33.9 Å². The van der Waals surface area contributed by atoms with Crippen LogP contribution in [0.1, 0.15) is 29.2 Å². The van der Waals surface area contributed by atoms with Gasteiger partial charge in [0.15, 0.2) is 11.5 Å². The van der Waals surface area contributed by atoms with Gasteiger partial charge in [0.05, 0.1) is 6.61 Å². The van der Waals surface area contributed by atoms with Gasteiger partial charge in [-0.1, -0.05) is 47.5 Å². The largest absolute Gasteiger partial charge is 0.490 e. The van der Waals surface area contributed by atoms with E-state index in [2.05, 4.69) is 37.4 Å². The van der Waals surface area contributed by atoms with E-state index in [1.807, 2.05) is 37.3 Å². The summed E-state index contributed by atoms with van der Waals surface area (Å²) >= 11 is 12.8. The zero-order chi connectivity index (χ0) is 20.8. The summed E-state index contributed by atoms with van der Waals surface area (Å²) in [7, 11) is 0. The van der Waals surface area contributed by atoms with E-state index < -0.39 is 0 Å². The number of nitrogens with one attached hydrogen (secondary N) is 1. The maximum atomic E-state index is 6.54. The molecule has 3 nitrogen and oxygen atoms in total. The van der Waals surface area contributed by atoms with Gasteiger partial charge >= 0.3 is 0 Å². The lowest BCUT2D eigenvalue weighted by atomic mass is 10.1. The molecule has 3 aromatic rings. The third-order valence-corrected chi connectivity index (χ3v) is 5.46. The molecule has 3 aromatic carbocycles. The number of halogens is 2. The molecule has 0 radical (unpaired) electrons. The Kier molecular flexibility index (Phi) is 7.29. The highest BCUT2D eigenvalue weighted by molar-refractivity contribution is 6.31. The van der Waals surface area contributed by atoms with Crippen LogP contribution in [-0.2, 0) is 13.2 Å². The SMILES string of the molecule is CCOc1cc(CNc2ccc(C)c(C)c2)c(Cl)cc1OCc1ccccc1Cl. The van der Waals surface area contributed by atoms with Crippen LogP contribution in [0.3, 0.4) is 0 Å². The molecule has 3 rings (SSSR count). The van der Waals surface area contributed by atoms with Gasteiger partial charge in [0.1, 0.15) is 6.61 Å². The first-order valence-electron chi connectivity index (χ1n) is 9.60. The van der Waals surface area contributed by atoms with Crippen LogP contribution in [0.25, 0.3) is 0 Å². The van der Waals surface area contributed by atoms with Crippen molar-refractivity contribution in [2.24, 2.45) is 0 Å². The first-order chi connectivity index (χ1) is 14.0. The molecule has 0 atom stereocenters. The van der Waals surface area contributed by atoms with E-state index in [-0.39, 0.29) is 0 Å². The van der Waals surface area contributed by atoms with Crippen molar-refractivity contribution in [3.63, 3.8) is 0 Å². The van der Waals surface area contributed by atoms with Gasteiger partial charge in [0.25, 0.3) is 0 Å². The van der Waals surface area contributed by atoms with Crippen molar-refractivity contribution in [1.29, 1.82) is 0 Å². The van der Waals surface area contributed by atoms with Gasteiger partial charge in [-0.3, -0.25) is 0 Å². The van der Waals surface area contributed by atoms with Crippen LogP contribution in [0.4, 0.5) is 5.69 Å². The number of hydrogen-bond acceptors (Lipinski definition) is 3. The first-order valence-corrected chi connectivity index (χ1v) is 10.4. The first kappa shape index (κ1) is 21.4. The number of ether oxygens (including phenoxy) is 2. The number of aryl methyl sites for hydroxylation is 2. The molecule has 0 aliphatic carbocycles. The summed E-state index contributed by atoms with van der Waals surface area (Å²) < 4.78 is 11.8. The Hall–Kier alpha value is -2.36. The van der Waals surface area contributed by atoms with Gasteiger partial charge in [-0.25, -0.2) is 0 Å². The molecule has 152 valence electrons. The van der Waals surface area contributed by atoms with Crippen molar-refractivity contribution in [1.82, 2.24) is 0 Å².